The lowest BCUT2D eigenvalue weighted by molar-refractivity contribution is -0.115. The standard InChI is InChI=1S/C18H21N3O2/c1-13-3-7-15(8-4-13)11-19-18(23)20-12-17(22)21-16-9-5-14(2)6-10-16/h3-10H,11-12H2,1-2H3,(H,21,22)(H2,19,20,23). The third-order valence-corrected chi connectivity index (χ3v) is 3.32. The number of urea groups is 1. The molecule has 0 spiro atoms. The third kappa shape index (κ3) is 5.82. The number of carbonyl (C=O) groups excluding carboxylic acids is 2. The van der Waals surface area contributed by atoms with E-state index in [0.29, 0.717) is 12.2 Å². The maximum Gasteiger partial charge on any atom is 0.315 e. The Bertz CT molecular complexity index is 664. The largest absolute Gasteiger partial charge is 0.334 e. The van der Waals surface area contributed by atoms with E-state index in [1.165, 1.54) is 5.56 Å². The van der Waals surface area contributed by atoms with Crippen molar-refractivity contribution in [1.82, 2.24) is 10.6 Å². The number of hydrogen-bond acceptors (Lipinski definition) is 2. The maximum atomic E-state index is 11.8. The van der Waals surface area contributed by atoms with Gasteiger partial charge < -0.3 is 16.0 Å². The summed E-state index contributed by atoms with van der Waals surface area (Å²) in [6, 6.07) is 15.0. The van der Waals surface area contributed by atoms with E-state index < -0.39 is 0 Å². The monoisotopic (exact) mass is 311 g/mol. The molecule has 23 heavy (non-hydrogen) atoms. The molecule has 0 aliphatic carbocycles. The van der Waals surface area contributed by atoms with E-state index in [2.05, 4.69) is 16.0 Å². The number of aryl methyl sites for hydroxylation is 2. The molecule has 0 aliphatic rings. The van der Waals surface area contributed by atoms with Gasteiger partial charge in [0, 0.05) is 12.2 Å². The fourth-order valence-electron chi connectivity index (χ4n) is 1.95. The first-order valence-corrected chi connectivity index (χ1v) is 7.47. The molecule has 0 bridgehead atoms. The first kappa shape index (κ1) is 16.5. The van der Waals surface area contributed by atoms with Gasteiger partial charge in [0.2, 0.25) is 5.91 Å². The van der Waals surface area contributed by atoms with Crippen molar-refractivity contribution >= 4 is 17.6 Å². The van der Waals surface area contributed by atoms with Crippen LogP contribution in [0.2, 0.25) is 0 Å². The van der Waals surface area contributed by atoms with Gasteiger partial charge in [-0.2, -0.15) is 0 Å². The summed E-state index contributed by atoms with van der Waals surface area (Å²) in [5, 5.41) is 7.97. The van der Waals surface area contributed by atoms with Gasteiger partial charge in [-0.1, -0.05) is 47.5 Å². The van der Waals surface area contributed by atoms with Gasteiger partial charge in [-0.15, -0.1) is 0 Å². The first-order chi connectivity index (χ1) is 11.0. The fraction of sp³-hybridized carbons (Fsp3) is 0.222. The van der Waals surface area contributed by atoms with Crippen molar-refractivity contribution in [3.8, 4) is 0 Å². The maximum absolute atomic E-state index is 11.8. The van der Waals surface area contributed by atoms with Crippen LogP contribution in [0.15, 0.2) is 48.5 Å². The van der Waals surface area contributed by atoms with E-state index in [1.54, 1.807) is 0 Å². The van der Waals surface area contributed by atoms with Crippen LogP contribution in [0.4, 0.5) is 10.5 Å². The molecule has 0 heterocycles. The molecule has 5 nitrogen and oxygen atoms in total. The highest BCUT2D eigenvalue weighted by Gasteiger charge is 2.05. The minimum Gasteiger partial charge on any atom is -0.334 e. The Balaban J connectivity index is 1.70. The van der Waals surface area contributed by atoms with Gasteiger partial charge in [-0.3, -0.25) is 4.79 Å². The smallest absolute Gasteiger partial charge is 0.315 e. The van der Waals surface area contributed by atoms with Gasteiger partial charge in [0.25, 0.3) is 0 Å². The molecule has 3 N–H and O–H groups in total. The van der Waals surface area contributed by atoms with E-state index in [4.69, 9.17) is 0 Å². The van der Waals surface area contributed by atoms with Crippen molar-refractivity contribution in [1.29, 1.82) is 0 Å². The summed E-state index contributed by atoms with van der Waals surface area (Å²) >= 11 is 0. The highest BCUT2D eigenvalue weighted by Crippen LogP contribution is 2.08. The summed E-state index contributed by atoms with van der Waals surface area (Å²) in [6.45, 7) is 4.33. The number of hydrogen-bond donors (Lipinski definition) is 3. The van der Waals surface area contributed by atoms with Crippen LogP contribution in [0, 0.1) is 13.8 Å². The number of amides is 3. The Morgan fingerprint density at radius 1 is 0.826 bits per heavy atom. The van der Waals surface area contributed by atoms with Gasteiger partial charge in [0.15, 0.2) is 0 Å². The number of benzene rings is 2. The molecule has 3 amide bonds. The zero-order valence-corrected chi connectivity index (χ0v) is 13.3. The van der Waals surface area contributed by atoms with Gasteiger partial charge in [0.05, 0.1) is 6.54 Å². The third-order valence-electron chi connectivity index (χ3n) is 3.32. The molecule has 120 valence electrons. The predicted molar refractivity (Wildman–Crippen MR) is 91.2 cm³/mol. The predicted octanol–water partition coefficient (Wildman–Crippen LogP) is 2.74. The van der Waals surface area contributed by atoms with Crippen LogP contribution in [0.5, 0.6) is 0 Å². The van der Waals surface area contributed by atoms with Crippen LogP contribution in [0.3, 0.4) is 0 Å². The normalized spacial score (nSPS) is 10.0. The second kappa shape index (κ2) is 7.98. The lowest BCUT2D eigenvalue weighted by Gasteiger charge is -2.09. The van der Waals surface area contributed by atoms with E-state index in [9.17, 15) is 9.59 Å². The molecule has 2 aromatic carbocycles. The summed E-state index contributed by atoms with van der Waals surface area (Å²) in [5.41, 5.74) is 4.01. The minimum atomic E-state index is -0.371. The average Bonchev–Trinajstić information content (AvgIpc) is 2.54. The van der Waals surface area contributed by atoms with E-state index in [-0.39, 0.29) is 18.5 Å². The lowest BCUT2D eigenvalue weighted by atomic mass is 10.1. The average molecular weight is 311 g/mol. The molecule has 0 saturated carbocycles. The molecule has 0 unspecified atom stereocenters. The Kier molecular flexibility index (Phi) is 5.74. The number of carbonyl (C=O) groups is 2. The van der Waals surface area contributed by atoms with Crippen LogP contribution in [0.25, 0.3) is 0 Å². The van der Waals surface area contributed by atoms with Crippen LogP contribution in [-0.2, 0) is 11.3 Å². The van der Waals surface area contributed by atoms with E-state index >= 15 is 0 Å². The minimum absolute atomic E-state index is 0.0758. The van der Waals surface area contributed by atoms with Crippen LogP contribution >= 0.6 is 0 Å². The number of anilines is 1. The Hall–Kier alpha value is -2.82. The van der Waals surface area contributed by atoms with Crippen molar-refractivity contribution in [2.75, 3.05) is 11.9 Å². The zero-order valence-electron chi connectivity index (χ0n) is 13.3. The molecule has 5 heteroatoms. The van der Waals surface area contributed by atoms with Gasteiger partial charge >= 0.3 is 6.03 Å². The SMILES string of the molecule is Cc1ccc(CNC(=O)NCC(=O)Nc2ccc(C)cc2)cc1. The molecule has 0 fully saturated rings. The Labute approximate surface area is 136 Å². The van der Waals surface area contributed by atoms with Crippen molar-refractivity contribution < 1.29 is 9.59 Å². The van der Waals surface area contributed by atoms with Crippen molar-refractivity contribution in [2.24, 2.45) is 0 Å². The molecule has 0 aliphatic heterocycles. The molecule has 2 aromatic rings. The summed E-state index contributed by atoms with van der Waals surface area (Å²) in [6.07, 6.45) is 0. The Morgan fingerprint density at radius 2 is 1.39 bits per heavy atom. The van der Waals surface area contributed by atoms with Gasteiger partial charge in [-0.25, -0.2) is 4.79 Å². The summed E-state index contributed by atoms with van der Waals surface area (Å²) in [5.74, 6) is -0.265. The first-order valence-electron chi connectivity index (χ1n) is 7.47. The molecular weight excluding hydrogens is 290 g/mol. The quantitative estimate of drug-likeness (QED) is 0.794. The highest BCUT2D eigenvalue weighted by molar-refractivity contribution is 5.94. The molecule has 0 radical (unpaired) electrons. The fourth-order valence-corrected chi connectivity index (χ4v) is 1.95. The molecule has 0 saturated heterocycles. The number of nitrogens with one attached hydrogen (secondary N) is 3. The zero-order chi connectivity index (χ0) is 16.7. The topological polar surface area (TPSA) is 70.2 Å². The molecular formula is C18H21N3O2. The summed E-state index contributed by atoms with van der Waals surface area (Å²) in [7, 11) is 0. The highest BCUT2D eigenvalue weighted by atomic mass is 16.2. The lowest BCUT2D eigenvalue weighted by Crippen LogP contribution is -2.39. The second-order valence-corrected chi connectivity index (χ2v) is 5.44. The molecule has 0 aromatic heterocycles. The summed E-state index contributed by atoms with van der Waals surface area (Å²) < 4.78 is 0. The summed E-state index contributed by atoms with van der Waals surface area (Å²) in [4.78, 5) is 23.4. The van der Waals surface area contributed by atoms with E-state index in [1.807, 2.05) is 62.4 Å². The number of rotatable bonds is 5. The van der Waals surface area contributed by atoms with Crippen molar-refractivity contribution in [2.45, 2.75) is 20.4 Å². The van der Waals surface area contributed by atoms with Crippen molar-refractivity contribution in [3.63, 3.8) is 0 Å². The van der Waals surface area contributed by atoms with Crippen molar-refractivity contribution in [3.05, 3.63) is 65.2 Å². The van der Waals surface area contributed by atoms with Crippen LogP contribution in [-0.4, -0.2) is 18.5 Å². The van der Waals surface area contributed by atoms with E-state index in [0.717, 1.165) is 11.1 Å². The van der Waals surface area contributed by atoms with Crippen LogP contribution in [0.1, 0.15) is 16.7 Å². The molecule has 2 rings (SSSR count). The second-order valence-electron chi connectivity index (χ2n) is 5.44. The van der Waals surface area contributed by atoms with Gasteiger partial charge in [-0.05, 0) is 31.5 Å². The Morgan fingerprint density at radius 3 is 2.00 bits per heavy atom. The molecule has 0 atom stereocenters. The van der Waals surface area contributed by atoms with Crippen LogP contribution < -0.4 is 16.0 Å². The van der Waals surface area contributed by atoms with Gasteiger partial charge in [0.1, 0.15) is 0 Å².